The number of ether oxygens (including phenoxy) is 2. The fraction of sp³-hybridized carbons (Fsp3) is 0.182. The first-order valence-electron chi connectivity index (χ1n) is 9.13. The van der Waals surface area contributed by atoms with Gasteiger partial charge in [-0.05, 0) is 43.3 Å². The molecule has 9 heteroatoms. The number of esters is 1. The molecular weight excluding hydrogens is 420 g/mol. The van der Waals surface area contributed by atoms with Crippen molar-refractivity contribution >= 4 is 29.6 Å². The number of aromatic nitrogens is 1. The molecule has 0 saturated carbocycles. The molecule has 8 nitrogen and oxygen atoms in total. The molecule has 0 saturated heterocycles. The summed E-state index contributed by atoms with van der Waals surface area (Å²) in [6, 6.07) is 12.1. The van der Waals surface area contributed by atoms with Crippen LogP contribution < -0.4 is 5.43 Å². The third kappa shape index (κ3) is 5.09. The maximum atomic E-state index is 11.8. The molecule has 0 fully saturated rings. The number of hydrazone groups is 1. The first-order chi connectivity index (χ1) is 15.0. The van der Waals surface area contributed by atoms with Crippen LogP contribution in [0.5, 0.6) is 0 Å². The van der Waals surface area contributed by atoms with Gasteiger partial charge in [0.25, 0.3) is 0 Å². The normalized spacial score (nSPS) is 10.8. The van der Waals surface area contributed by atoms with Crippen molar-refractivity contribution in [3.8, 4) is 17.4 Å². The molecule has 31 heavy (non-hydrogen) atoms. The van der Waals surface area contributed by atoms with Gasteiger partial charge in [0.1, 0.15) is 23.2 Å². The Morgan fingerprint density at radius 3 is 2.84 bits per heavy atom. The number of anilines is 1. The Labute approximate surface area is 184 Å². The number of benzene rings is 1. The van der Waals surface area contributed by atoms with Crippen LogP contribution in [0.3, 0.4) is 0 Å². The van der Waals surface area contributed by atoms with E-state index in [0.29, 0.717) is 39.1 Å². The third-order valence-electron chi connectivity index (χ3n) is 4.28. The van der Waals surface area contributed by atoms with Gasteiger partial charge in [-0.1, -0.05) is 11.6 Å². The van der Waals surface area contributed by atoms with Gasteiger partial charge in [0, 0.05) is 23.9 Å². The van der Waals surface area contributed by atoms with Gasteiger partial charge in [-0.3, -0.25) is 5.43 Å². The highest BCUT2D eigenvalue weighted by Crippen LogP contribution is 2.30. The first-order valence-corrected chi connectivity index (χ1v) is 9.51. The molecule has 0 aliphatic rings. The van der Waals surface area contributed by atoms with Gasteiger partial charge < -0.3 is 13.9 Å². The number of nitrogens with one attached hydrogen (secondary N) is 1. The SMILES string of the molecule is COCc1cc(C)nc(NN=Cc2ccc(-c3cc(C(=O)OC)ccc3Cl)o2)c1C#N. The standard InChI is InChI=1S/C22H19ClN4O4/c1-13-8-15(12-29-2)18(10-24)21(26-13)27-25-11-16-5-7-20(31-16)17-9-14(22(28)30-3)4-6-19(17)23/h4-9,11H,12H2,1-3H3,(H,26,27). The fourth-order valence-electron chi connectivity index (χ4n) is 2.90. The van der Waals surface area contributed by atoms with E-state index < -0.39 is 5.97 Å². The van der Waals surface area contributed by atoms with Crippen molar-refractivity contribution in [2.75, 3.05) is 19.6 Å². The van der Waals surface area contributed by atoms with E-state index in [-0.39, 0.29) is 6.61 Å². The largest absolute Gasteiger partial charge is 0.465 e. The van der Waals surface area contributed by atoms with Crippen LogP contribution in [-0.2, 0) is 16.1 Å². The predicted octanol–water partition coefficient (Wildman–Crippen LogP) is 4.55. The van der Waals surface area contributed by atoms with Crippen LogP contribution in [0.2, 0.25) is 5.02 Å². The molecule has 0 aliphatic carbocycles. The zero-order valence-corrected chi connectivity index (χ0v) is 17.9. The summed E-state index contributed by atoms with van der Waals surface area (Å²) in [5, 5.41) is 14.0. The summed E-state index contributed by atoms with van der Waals surface area (Å²) in [5.41, 5.74) is 5.49. The maximum Gasteiger partial charge on any atom is 0.337 e. The molecule has 3 aromatic rings. The van der Waals surface area contributed by atoms with Gasteiger partial charge in [0.15, 0.2) is 5.82 Å². The Morgan fingerprint density at radius 2 is 2.13 bits per heavy atom. The maximum absolute atomic E-state index is 11.8. The van der Waals surface area contributed by atoms with Gasteiger partial charge in [-0.25, -0.2) is 9.78 Å². The van der Waals surface area contributed by atoms with Crippen LogP contribution in [0, 0.1) is 18.3 Å². The molecule has 158 valence electrons. The molecule has 0 unspecified atom stereocenters. The van der Waals surface area contributed by atoms with E-state index in [0.717, 1.165) is 11.3 Å². The van der Waals surface area contributed by atoms with E-state index in [1.54, 1.807) is 43.5 Å². The predicted molar refractivity (Wildman–Crippen MR) is 116 cm³/mol. The minimum Gasteiger partial charge on any atom is -0.465 e. The van der Waals surface area contributed by atoms with Crippen LogP contribution in [0.4, 0.5) is 5.82 Å². The Hall–Kier alpha value is -3.67. The van der Waals surface area contributed by atoms with Gasteiger partial charge >= 0.3 is 5.97 Å². The fourth-order valence-corrected chi connectivity index (χ4v) is 3.11. The number of hydrogen-bond donors (Lipinski definition) is 1. The molecule has 2 aromatic heterocycles. The van der Waals surface area contributed by atoms with Crippen molar-refractivity contribution in [1.29, 1.82) is 5.26 Å². The minimum atomic E-state index is -0.470. The van der Waals surface area contributed by atoms with Crippen molar-refractivity contribution in [2.45, 2.75) is 13.5 Å². The Bertz CT molecular complexity index is 1180. The molecule has 0 aliphatic heterocycles. The van der Waals surface area contributed by atoms with Crippen molar-refractivity contribution < 1.29 is 18.7 Å². The van der Waals surface area contributed by atoms with Gasteiger partial charge in [-0.15, -0.1) is 0 Å². The molecule has 0 amide bonds. The summed E-state index contributed by atoms with van der Waals surface area (Å²) in [6.45, 7) is 2.11. The molecule has 0 spiro atoms. The summed E-state index contributed by atoms with van der Waals surface area (Å²) in [5.74, 6) is 0.755. The highest BCUT2D eigenvalue weighted by molar-refractivity contribution is 6.33. The average Bonchev–Trinajstić information content (AvgIpc) is 3.22. The second kappa shape index (κ2) is 9.89. The number of furan rings is 1. The van der Waals surface area contributed by atoms with Crippen molar-refractivity contribution in [2.24, 2.45) is 5.10 Å². The minimum absolute atomic E-state index is 0.289. The third-order valence-corrected chi connectivity index (χ3v) is 4.61. The van der Waals surface area contributed by atoms with E-state index in [9.17, 15) is 10.1 Å². The van der Waals surface area contributed by atoms with Crippen molar-refractivity contribution in [3.63, 3.8) is 0 Å². The second-order valence-corrected chi connectivity index (χ2v) is 6.86. The number of rotatable bonds is 7. The van der Waals surface area contributed by atoms with Crippen LogP contribution in [0.1, 0.15) is 32.9 Å². The van der Waals surface area contributed by atoms with Crippen molar-refractivity contribution in [3.05, 3.63) is 69.6 Å². The molecule has 2 heterocycles. The Balaban J connectivity index is 1.82. The first kappa shape index (κ1) is 22.0. The molecule has 0 atom stereocenters. The average molecular weight is 439 g/mol. The van der Waals surface area contributed by atoms with E-state index in [2.05, 4.69) is 21.6 Å². The number of hydrogen-bond acceptors (Lipinski definition) is 8. The lowest BCUT2D eigenvalue weighted by Gasteiger charge is -2.08. The van der Waals surface area contributed by atoms with E-state index in [1.807, 2.05) is 6.92 Å². The summed E-state index contributed by atoms with van der Waals surface area (Å²) in [4.78, 5) is 16.1. The van der Waals surface area contributed by atoms with E-state index in [1.165, 1.54) is 13.3 Å². The Morgan fingerprint density at radius 1 is 1.32 bits per heavy atom. The summed E-state index contributed by atoms with van der Waals surface area (Å²) in [6.07, 6.45) is 1.45. The number of methoxy groups -OCH3 is 2. The molecule has 0 bridgehead atoms. The number of carbonyl (C=O) groups excluding carboxylic acids is 1. The second-order valence-electron chi connectivity index (χ2n) is 6.45. The molecule has 1 N–H and O–H groups in total. The quantitative estimate of drug-likeness (QED) is 0.327. The van der Waals surface area contributed by atoms with Gasteiger partial charge in [-0.2, -0.15) is 10.4 Å². The number of aryl methyl sites for hydroxylation is 1. The monoisotopic (exact) mass is 438 g/mol. The number of nitriles is 1. The molecular formula is C22H19ClN4O4. The summed E-state index contributed by atoms with van der Waals surface area (Å²) < 4.78 is 15.6. The summed E-state index contributed by atoms with van der Waals surface area (Å²) in [7, 11) is 2.87. The molecule has 0 radical (unpaired) electrons. The molecule has 1 aromatic carbocycles. The van der Waals surface area contributed by atoms with Gasteiger partial charge in [0.2, 0.25) is 0 Å². The van der Waals surface area contributed by atoms with E-state index >= 15 is 0 Å². The number of carbonyl (C=O) groups is 1. The highest BCUT2D eigenvalue weighted by Gasteiger charge is 2.14. The van der Waals surface area contributed by atoms with Crippen LogP contribution in [-0.4, -0.2) is 31.4 Å². The lowest BCUT2D eigenvalue weighted by atomic mass is 10.1. The van der Waals surface area contributed by atoms with Crippen LogP contribution in [0.25, 0.3) is 11.3 Å². The van der Waals surface area contributed by atoms with Crippen LogP contribution >= 0.6 is 11.6 Å². The molecule has 3 rings (SSSR count). The zero-order valence-electron chi connectivity index (χ0n) is 17.1. The highest BCUT2D eigenvalue weighted by atomic mass is 35.5. The smallest absolute Gasteiger partial charge is 0.337 e. The number of nitrogens with zero attached hydrogens (tertiary/aromatic N) is 3. The topological polar surface area (TPSA) is 110 Å². The van der Waals surface area contributed by atoms with Crippen LogP contribution in [0.15, 0.2) is 45.9 Å². The number of pyridine rings is 1. The lowest BCUT2D eigenvalue weighted by molar-refractivity contribution is 0.0601. The number of halogens is 1. The zero-order chi connectivity index (χ0) is 22.4. The lowest BCUT2D eigenvalue weighted by Crippen LogP contribution is -2.03. The van der Waals surface area contributed by atoms with E-state index in [4.69, 9.17) is 25.5 Å². The van der Waals surface area contributed by atoms with Crippen molar-refractivity contribution in [1.82, 2.24) is 4.98 Å². The summed E-state index contributed by atoms with van der Waals surface area (Å²) >= 11 is 6.25. The Kier molecular flexibility index (Phi) is 7.03. The van der Waals surface area contributed by atoms with Gasteiger partial charge in [0.05, 0.1) is 30.5 Å².